The predicted molar refractivity (Wildman–Crippen MR) is 165 cm³/mol. The Morgan fingerprint density at radius 3 is 2.39 bits per heavy atom. The third-order valence-corrected chi connectivity index (χ3v) is 8.71. The lowest BCUT2D eigenvalue weighted by atomic mass is 9.91. The molecule has 2 amide bonds. The largest absolute Gasteiger partial charge is 0.481 e. The number of carboxylic acids is 3. The second-order valence-corrected chi connectivity index (χ2v) is 12.2. The summed E-state index contributed by atoms with van der Waals surface area (Å²) in [4.78, 5) is 71.1. The summed E-state index contributed by atoms with van der Waals surface area (Å²) < 4.78 is 0. The van der Waals surface area contributed by atoms with Gasteiger partial charge in [-0.25, -0.2) is 0 Å². The smallest absolute Gasteiger partial charge is 0.322 e. The van der Waals surface area contributed by atoms with Gasteiger partial charge >= 0.3 is 17.9 Å². The van der Waals surface area contributed by atoms with Crippen LogP contribution in [0.2, 0.25) is 0 Å². The van der Waals surface area contributed by atoms with Crippen molar-refractivity contribution >= 4 is 47.3 Å². The minimum Gasteiger partial charge on any atom is -0.481 e. The maximum Gasteiger partial charge on any atom is 0.322 e. The molecule has 14 heteroatoms. The molecule has 0 aromatic rings. The molecule has 248 valence electrons. The third kappa shape index (κ3) is 16.0. The highest BCUT2D eigenvalue weighted by atomic mass is 32.2. The first-order valence-corrected chi connectivity index (χ1v) is 16.0. The maximum absolute atomic E-state index is 13.1. The molecule has 1 aliphatic rings. The molecule has 0 radical (unpaired) electrons. The number of carbonyl (C=O) groups is 6. The van der Waals surface area contributed by atoms with Crippen LogP contribution < -0.4 is 16.4 Å². The van der Waals surface area contributed by atoms with Crippen LogP contribution in [0.5, 0.6) is 0 Å². The molecule has 0 aromatic heterocycles. The number of carbonyl (C=O) groups excluding carboxylic acids is 3. The summed E-state index contributed by atoms with van der Waals surface area (Å²) in [5.74, 6) is -5.46. The Morgan fingerprint density at radius 2 is 1.75 bits per heavy atom. The van der Waals surface area contributed by atoms with Gasteiger partial charge in [-0.2, -0.15) is 11.8 Å². The summed E-state index contributed by atoms with van der Waals surface area (Å²) in [6.07, 6.45) is 11.3. The number of allylic oxidation sites excluding steroid dienone is 3. The number of rotatable bonds is 23. The van der Waals surface area contributed by atoms with E-state index in [2.05, 4.69) is 17.6 Å². The van der Waals surface area contributed by atoms with Gasteiger partial charge in [0.1, 0.15) is 24.4 Å². The minimum atomic E-state index is -1.27. The quantitative estimate of drug-likeness (QED) is 0.0626. The Hall–Kier alpha value is -3.23. The summed E-state index contributed by atoms with van der Waals surface area (Å²) in [6, 6.07) is -2.41. The first-order valence-electron chi connectivity index (χ1n) is 15.0. The molecule has 0 aromatic carbocycles. The van der Waals surface area contributed by atoms with Crippen LogP contribution in [-0.4, -0.2) is 91.7 Å². The standard InChI is InChI=1S/C30H47N3O10S/c1-2-3-6-9-19(34)12-13-20-21(10-7-4-5-8-11-27(37)38)25(16-24(20)35)44-18-23(29(41)32-17-28(39)40)33-26(36)15-14-22(31)30(42)43/h4,7,12-13,19-23,25,34H,2-3,5-6,8-11,14-18,31H2,1H3,(H,32,41)(H,33,36)(H,37,38)(H,39,40)(H,42,43)/b7-4-,13-12+/t19-,20+,21+,22-,23-,25?/m0/s1. The second-order valence-electron chi connectivity index (χ2n) is 10.9. The number of hydrogen-bond acceptors (Lipinski definition) is 9. The van der Waals surface area contributed by atoms with Gasteiger partial charge in [-0.15, -0.1) is 0 Å². The molecule has 13 nitrogen and oxygen atoms in total. The van der Waals surface area contributed by atoms with E-state index in [0.29, 0.717) is 25.7 Å². The molecular weight excluding hydrogens is 594 g/mol. The number of aliphatic carboxylic acids is 3. The second kappa shape index (κ2) is 21.5. The van der Waals surface area contributed by atoms with Crippen molar-refractivity contribution in [2.45, 2.75) is 101 Å². The van der Waals surface area contributed by atoms with Gasteiger partial charge in [0, 0.05) is 36.2 Å². The topological polar surface area (TPSA) is 233 Å². The fourth-order valence-corrected chi connectivity index (χ4v) is 6.23. The fourth-order valence-electron chi connectivity index (χ4n) is 4.74. The molecule has 1 saturated carbocycles. The van der Waals surface area contributed by atoms with E-state index >= 15 is 0 Å². The molecule has 0 bridgehead atoms. The number of nitrogens with one attached hydrogen (secondary N) is 2. The SMILES string of the molecule is CCCCC[C@H](O)/C=C/[C@H]1C(=O)CC(SC[C@H](NC(=O)CC[C@H](N)C(=O)O)C(=O)NCC(=O)O)[C@@H]1C/C=C\CCCC(=O)O. The van der Waals surface area contributed by atoms with Crippen LogP contribution in [0, 0.1) is 11.8 Å². The predicted octanol–water partition coefficient (Wildman–Crippen LogP) is 1.87. The zero-order valence-corrected chi connectivity index (χ0v) is 26.0. The van der Waals surface area contributed by atoms with E-state index < -0.39 is 60.4 Å². The highest BCUT2D eigenvalue weighted by molar-refractivity contribution is 8.00. The summed E-state index contributed by atoms with van der Waals surface area (Å²) in [5.41, 5.74) is 5.46. The molecule has 0 aliphatic heterocycles. The number of aliphatic hydroxyl groups excluding tert-OH is 1. The van der Waals surface area contributed by atoms with Crippen molar-refractivity contribution in [3.63, 3.8) is 0 Å². The van der Waals surface area contributed by atoms with E-state index in [1.807, 2.05) is 12.2 Å². The molecule has 0 spiro atoms. The number of aliphatic hydroxyl groups is 1. The van der Waals surface area contributed by atoms with Crippen LogP contribution in [-0.2, 0) is 28.8 Å². The van der Waals surface area contributed by atoms with E-state index in [9.17, 15) is 33.9 Å². The molecule has 0 heterocycles. The molecule has 44 heavy (non-hydrogen) atoms. The highest BCUT2D eigenvalue weighted by Gasteiger charge is 2.41. The van der Waals surface area contributed by atoms with Gasteiger partial charge in [-0.3, -0.25) is 28.8 Å². The van der Waals surface area contributed by atoms with Crippen molar-refractivity contribution in [1.29, 1.82) is 0 Å². The fraction of sp³-hybridized carbons (Fsp3) is 0.667. The Labute approximate surface area is 262 Å². The van der Waals surface area contributed by atoms with Gasteiger partial charge in [0.15, 0.2) is 0 Å². The first kappa shape index (κ1) is 38.8. The summed E-state index contributed by atoms with van der Waals surface area (Å²) in [5, 5.41) is 41.6. The van der Waals surface area contributed by atoms with Gasteiger partial charge in [0.05, 0.1) is 6.10 Å². The van der Waals surface area contributed by atoms with Crippen LogP contribution in [0.25, 0.3) is 0 Å². The molecule has 8 N–H and O–H groups in total. The van der Waals surface area contributed by atoms with Crippen molar-refractivity contribution in [2.75, 3.05) is 12.3 Å². The van der Waals surface area contributed by atoms with Crippen LogP contribution in [0.15, 0.2) is 24.3 Å². The van der Waals surface area contributed by atoms with Crippen LogP contribution in [0.1, 0.15) is 77.6 Å². The molecular formula is C30H47N3O10S. The van der Waals surface area contributed by atoms with Crippen molar-refractivity contribution < 1.29 is 49.2 Å². The van der Waals surface area contributed by atoms with Crippen LogP contribution >= 0.6 is 11.8 Å². The average molecular weight is 642 g/mol. The third-order valence-electron chi connectivity index (χ3n) is 7.24. The van der Waals surface area contributed by atoms with Gasteiger partial charge in [-0.05, 0) is 38.0 Å². The van der Waals surface area contributed by atoms with Crippen molar-refractivity contribution in [1.82, 2.24) is 10.6 Å². The van der Waals surface area contributed by atoms with Gasteiger partial charge < -0.3 is 36.8 Å². The van der Waals surface area contributed by atoms with Gasteiger partial charge in [0.2, 0.25) is 11.8 Å². The summed E-state index contributed by atoms with van der Waals surface area (Å²) >= 11 is 1.29. The van der Waals surface area contributed by atoms with Gasteiger partial charge in [0.25, 0.3) is 0 Å². The number of nitrogens with two attached hydrogens (primary N) is 1. The number of Topliss-reactive ketones (excluding diaryl/α,β-unsaturated/α-hetero) is 1. The number of carboxylic acid groups (broad SMARTS) is 3. The zero-order valence-electron chi connectivity index (χ0n) is 25.2. The van der Waals surface area contributed by atoms with E-state index in [-0.39, 0.29) is 48.4 Å². The molecule has 6 atom stereocenters. The zero-order chi connectivity index (χ0) is 33.1. The normalized spacial score (nSPS) is 20.4. The van der Waals surface area contributed by atoms with E-state index in [1.54, 1.807) is 12.2 Å². The number of thioether (sulfide) groups is 1. The Bertz CT molecular complexity index is 1030. The van der Waals surface area contributed by atoms with Crippen LogP contribution in [0.3, 0.4) is 0 Å². The first-order chi connectivity index (χ1) is 20.8. The van der Waals surface area contributed by atoms with E-state index in [0.717, 1.165) is 19.3 Å². The molecule has 1 aliphatic carbocycles. The monoisotopic (exact) mass is 641 g/mol. The van der Waals surface area contributed by atoms with Crippen molar-refractivity contribution in [3.8, 4) is 0 Å². The molecule has 1 fully saturated rings. The van der Waals surface area contributed by atoms with Crippen molar-refractivity contribution in [2.24, 2.45) is 17.6 Å². The number of hydrogen-bond donors (Lipinski definition) is 7. The minimum absolute atomic E-state index is 0.0228. The van der Waals surface area contributed by atoms with E-state index in [1.165, 1.54) is 11.8 Å². The highest BCUT2D eigenvalue weighted by Crippen LogP contribution is 2.41. The Morgan fingerprint density at radius 1 is 1.02 bits per heavy atom. The lowest BCUT2D eigenvalue weighted by Gasteiger charge is -2.24. The Balaban J connectivity index is 3.03. The Kier molecular flexibility index (Phi) is 18.9. The maximum atomic E-state index is 13.1. The number of amides is 2. The van der Waals surface area contributed by atoms with Crippen LogP contribution in [0.4, 0.5) is 0 Å². The lowest BCUT2D eigenvalue weighted by molar-refractivity contribution is -0.139. The summed E-state index contributed by atoms with van der Waals surface area (Å²) in [7, 11) is 0. The number of ketones is 1. The molecule has 0 saturated heterocycles. The van der Waals surface area contributed by atoms with E-state index in [4.69, 9.17) is 21.1 Å². The molecule has 1 rings (SSSR count). The number of unbranched alkanes of at least 4 members (excludes halogenated alkanes) is 3. The summed E-state index contributed by atoms with van der Waals surface area (Å²) in [6.45, 7) is 1.40. The van der Waals surface area contributed by atoms with Gasteiger partial charge in [-0.1, -0.05) is 50.5 Å². The van der Waals surface area contributed by atoms with Crippen molar-refractivity contribution in [3.05, 3.63) is 24.3 Å². The lowest BCUT2D eigenvalue weighted by Crippen LogP contribution is -2.49. The average Bonchev–Trinajstić information content (AvgIpc) is 3.26. The molecule has 1 unspecified atom stereocenters.